The number of amidine groups is 1. The summed E-state index contributed by atoms with van der Waals surface area (Å²) in [5.41, 5.74) is 5.48. The minimum atomic E-state index is -1.12. The summed E-state index contributed by atoms with van der Waals surface area (Å²) >= 11 is 3.19. The Morgan fingerprint density at radius 2 is 2.42 bits per heavy atom. The summed E-state index contributed by atoms with van der Waals surface area (Å²) in [6.45, 7) is 0. The molecule has 0 aliphatic carbocycles. The molecule has 0 saturated heterocycles. The third-order valence-corrected chi connectivity index (χ3v) is 2.01. The van der Waals surface area contributed by atoms with Gasteiger partial charge in [-0.2, -0.15) is 0 Å². The van der Waals surface area contributed by atoms with Crippen LogP contribution in [-0.4, -0.2) is 15.9 Å². The van der Waals surface area contributed by atoms with E-state index in [1.165, 1.54) is 6.20 Å². The van der Waals surface area contributed by atoms with Crippen LogP contribution in [-0.2, 0) is 0 Å². The third kappa shape index (κ3) is 1.80. The van der Waals surface area contributed by atoms with Crippen molar-refractivity contribution in [1.82, 2.24) is 4.98 Å². The number of nitrogens with zero attached hydrogens (tertiary/aromatic N) is 1. The second kappa shape index (κ2) is 3.64. The number of rotatable bonds is 2. The molecule has 0 radical (unpaired) electrons. The molecule has 12 heavy (non-hydrogen) atoms. The summed E-state index contributed by atoms with van der Waals surface area (Å²) in [7, 11) is 0. The number of halogens is 1. The zero-order valence-electron chi connectivity index (χ0n) is 6.16. The SMILES string of the molecule is N=C(N)C(O)c1ncccc1Br. The molecule has 64 valence electrons. The predicted octanol–water partition coefficient (Wildman–Crippen LogP) is 0.813. The fraction of sp³-hybridized carbons (Fsp3) is 0.143. The molecule has 1 aromatic rings. The average molecular weight is 230 g/mol. The number of nitrogens with one attached hydrogen (secondary N) is 1. The van der Waals surface area contributed by atoms with Crippen LogP contribution in [0.3, 0.4) is 0 Å². The zero-order valence-corrected chi connectivity index (χ0v) is 7.75. The molecule has 0 aliphatic rings. The van der Waals surface area contributed by atoms with Gasteiger partial charge in [-0.3, -0.25) is 10.4 Å². The second-order valence-corrected chi connectivity index (χ2v) is 3.08. The smallest absolute Gasteiger partial charge is 0.153 e. The normalized spacial score (nSPS) is 12.5. The fourth-order valence-corrected chi connectivity index (χ4v) is 1.22. The van der Waals surface area contributed by atoms with E-state index < -0.39 is 6.10 Å². The van der Waals surface area contributed by atoms with Crippen LogP contribution in [0.4, 0.5) is 0 Å². The van der Waals surface area contributed by atoms with Gasteiger partial charge in [-0.15, -0.1) is 0 Å². The van der Waals surface area contributed by atoms with E-state index in [-0.39, 0.29) is 5.84 Å². The van der Waals surface area contributed by atoms with Crippen LogP contribution in [0.1, 0.15) is 11.8 Å². The largest absolute Gasteiger partial charge is 0.385 e. The molecule has 0 saturated carbocycles. The fourth-order valence-electron chi connectivity index (χ4n) is 0.746. The van der Waals surface area contributed by atoms with Crippen LogP contribution < -0.4 is 5.73 Å². The summed E-state index contributed by atoms with van der Waals surface area (Å²) in [5, 5.41) is 16.3. The van der Waals surface area contributed by atoms with Crippen molar-refractivity contribution in [3.63, 3.8) is 0 Å². The van der Waals surface area contributed by atoms with Gasteiger partial charge in [0.05, 0.1) is 5.69 Å². The number of aliphatic hydroxyl groups is 1. The maximum absolute atomic E-state index is 9.34. The first-order chi connectivity index (χ1) is 5.63. The number of aromatic nitrogens is 1. The molecule has 1 heterocycles. The molecule has 1 unspecified atom stereocenters. The van der Waals surface area contributed by atoms with Gasteiger partial charge in [0.25, 0.3) is 0 Å². The number of hydrogen-bond donors (Lipinski definition) is 3. The van der Waals surface area contributed by atoms with Crippen molar-refractivity contribution in [3.8, 4) is 0 Å². The van der Waals surface area contributed by atoms with Crippen molar-refractivity contribution < 1.29 is 5.11 Å². The highest BCUT2D eigenvalue weighted by atomic mass is 79.9. The van der Waals surface area contributed by atoms with Crippen molar-refractivity contribution in [2.45, 2.75) is 6.10 Å². The van der Waals surface area contributed by atoms with E-state index in [1.807, 2.05) is 0 Å². The van der Waals surface area contributed by atoms with Gasteiger partial charge < -0.3 is 10.8 Å². The molecule has 4 nitrogen and oxygen atoms in total. The number of hydrogen-bond acceptors (Lipinski definition) is 3. The van der Waals surface area contributed by atoms with E-state index in [2.05, 4.69) is 20.9 Å². The monoisotopic (exact) mass is 229 g/mol. The van der Waals surface area contributed by atoms with Gasteiger partial charge in [0.15, 0.2) is 6.10 Å². The molecule has 0 fully saturated rings. The Morgan fingerprint density at radius 3 is 2.92 bits per heavy atom. The Balaban J connectivity index is 3.02. The first-order valence-corrected chi connectivity index (χ1v) is 4.04. The van der Waals surface area contributed by atoms with E-state index in [1.54, 1.807) is 12.1 Å². The van der Waals surface area contributed by atoms with Gasteiger partial charge in [-0.25, -0.2) is 0 Å². The molecule has 1 aromatic heterocycles. The zero-order chi connectivity index (χ0) is 9.14. The van der Waals surface area contributed by atoms with Crippen molar-refractivity contribution in [1.29, 1.82) is 5.41 Å². The molecule has 0 bridgehead atoms. The van der Waals surface area contributed by atoms with Crippen molar-refractivity contribution in [3.05, 3.63) is 28.5 Å². The Bertz CT molecular complexity index is 302. The quantitative estimate of drug-likeness (QED) is 0.519. The van der Waals surface area contributed by atoms with Crippen molar-refractivity contribution in [2.75, 3.05) is 0 Å². The van der Waals surface area contributed by atoms with Crippen molar-refractivity contribution >= 4 is 21.8 Å². The van der Waals surface area contributed by atoms with Crippen LogP contribution in [0.15, 0.2) is 22.8 Å². The molecule has 0 aromatic carbocycles. The summed E-state index contributed by atoms with van der Waals surface area (Å²) in [6, 6.07) is 3.45. The summed E-state index contributed by atoms with van der Waals surface area (Å²) < 4.78 is 0.646. The predicted molar refractivity (Wildman–Crippen MR) is 48.8 cm³/mol. The Kier molecular flexibility index (Phi) is 2.78. The highest BCUT2D eigenvalue weighted by Gasteiger charge is 2.14. The minimum absolute atomic E-state index is 0.311. The van der Waals surface area contributed by atoms with Gasteiger partial charge >= 0.3 is 0 Å². The maximum Gasteiger partial charge on any atom is 0.153 e. The molecule has 0 spiro atoms. The highest BCUT2D eigenvalue weighted by Crippen LogP contribution is 2.19. The topological polar surface area (TPSA) is 83.0 Å². The lowest BCUT2D eigenvalue weighted by Gasteiger charge is -2.08. The van der Waals surface area contributed by atoms with E-state index in [0.29, 0.717) is 10.2 Å². The first kappa shape index (κ1) is 9.15. The van der Waals surface area contributed by atoms with Crippen LogP contribution in [0.25, 0.3) is 0 Å². The standard InChI is InChI=1S/C7H8BrN3O/c8-4-2-1-3-11-5(4)6(12)7(9)10/h1-3,6,12H,(H3,9,10). The molecular formula is C7H8BrN3O. The van der Waals surface area contributed by atoms with Crippen molar-refractivity contribution in [2.24, 2.45) is 5.73 Å². The molecule has 1 atom stereocenters. The summed E-state index contributed by atoms with van der Waals surface area (Å²) in [5.74, 6) is -0.311. The van der Waals surface area contributed by atoms with E-state index in [4.69, 9.17) is 11.1 Å². The lowest BCUT2D eigenvalue weighted by Crippen LogP contribution is -2.21. The van der Waals surface area contributed by atoms with E-state index in [9.17, 15) is 5.11 Å². The lowest BCUT2D eigenvalue weighted by molar-refractivity contribution is 0.239. The molecule has 4 N–H and O–H groups in total. The van der Waals surface area contributed by atoms with E-state index in [0.717, 1.165) is 0 Å². The molecular weight excluding hydrogens is 222 g/mol. The van der Waals surface area contributed by atoms with Crippen LogP contribution in [0.5, 0.6) is 0 Å². The molecule has 5 heteroatoms. The Labute approximate surface area is 78.1 Å². The van der Waals surface area contributed by atoms with Crippen LogP contribution in [0.2, 0.25) is 0 Å². The highest BCUT2D eigenvalue weighted by molar-refractivity contribution is 9.10. The summed E-state index contributed by atoms with van der Waals surface area (Å²) in [6.07, 6.45) is 0.410. The molecule has 1 rings (SSSR count). The number of pyridine rings is 1. The van der Waals surface area contributed by atoms with Gasteiger partial charge in [0.2, 0.25) is 0 Å². The molecule has 0 amide bonds. The van der Waals surface area contributed by atoms with Gasteiger partial charge in [0, 0.05) is 10.7 Å². The number of nitrogens with two attached hydrogens (primary N) is 1. The molecule has 0 aliphatic heterocycles. The minimum Gasteiger partial charge on any atom is -0.385 e. The first-order valence-electron chi connectivity index (χ1n) is 3.25. The van der Waals surface area contributed by atoms with E-state index >= 15 is 0 Å². The van der Waals surface area contributed by atoms with Gasteiger partial charge in [-0.1, -0.05) is 0 Å². The van der Waals surface area contributed by atoms with Gasteiger partial charge in [-0.05, 0) is 28.1 Å². The van der Waals surface area contributed by atoms with Crippen LogP contribution in [0, 0.1) is 5.41 Å². The number of aliphatic hydroxyl groups excluding tert-OH is 1. The average Bonchev–Trinajstić information content (AvgIpc) is 2.04. The second-order valence-electron chi connectivity index (χ2n) is 2.23. The Morgan fingerprint density at radius 1 is 1.75 bits per heavy atom. The third-order valence-electron chi connectivity index (χ3n) is 1.34. The Hall–Kier alpha value is -0.940. The lowest BCUT2D eigenvalue weighted by atomic mass is 10.2. The summed E-state index contributed by atoms with van der Waals surface area (Å²) in [4.78, 5) is 3.88. The van der Waals surface area contributed by atoms with Gasteiger partial charge in [0.1, 0.15) is 5.84 Å². The maximum atomic E-state index is 9.34. The van der Waals surface area contributed by atoms with Crippen LogP contribution >= 0.6 is 15.9 Å².